The van der Waals surface area contributed by atoms with Crippen LogP contribution in [-0.2, 0) is 16.4 Å². The van der Waals surface area contributed by atoms with Gasteiger partial charge < -0.3 is 9.47 Å². The van der Waals surface area contributed by atoms with Gasteiger partial charge in [-0.15, -0.1) is 0 Å². The fourth-order valence-corrected chi connectivity index (χ4v) is 3.98. The van der Waals surface area contributed by atoms with Gasteiger partial charge in [0.15, 0.2) is 17.3 Å². The molecule has 0 unspecified atom stereocenters. The van der Waals surface area contributed by atoms with E-state index in [-0.39, 0.29) is 17.9 Å². The summed E-state index contributed by atoms with van der Waals surface area (Å²) in [6.45, 7) is 1.77. The Bertz CT molecular complexity index is 1150. The molecule has 0 bridgehead atoms. The molecule has 2 aromatic carbocycles. The second kappa shape index (κ2) is 9.03. The van der Waals surface area contributed by atoms with Crippen molar-refractivity contribution in [2.45, 2.75) is 19.4 Å². The van der Waals surface area contributed by atoms with E-state index in [0.29, 0.717) is 22.5 Å². The quantitative estimate of drug-likeness (QED) is 0.733. The molecular formula is C21H25FN4O5S. The van der Waals surface area contributed by atoms with Gasteiger partial charge in [0.05, 0.1) is 32.7 Å². The average Bonchev–Trinajstić information content (AvgIpc) is 2.90. The maximum Gasteiger partial charge on any atom is 0.344 e. The number of nitrogens with zero attached hydrogens (tertiary/aromatic N) is 3. The molecular weight excluding hydrogens is 439 g/mol. The van der Waals surface area contributed by atoms with E-state index >= 15 is 4.39 Å². The summed E-state index contributed by atoms with van der Waals surface area (Å²) in [7, 11) is 0.959. The molecule has 0 fully saturated rings. The SMILES string of the molecule is COc1cc2c(c(F)c1OC)C[C@H](C)N(C(=O)N(C)c1ccc(NS(C)(=O)=O)cc1)N=C2. The highest BCUT2D eigenvalue weighted by Gasteiger charge is 2.29. The topological polar surface area (TPSA) is 101 Å². The van der Waals surface area contributed by atoms with Gasteiger partial charge in [0.2, 0.25) is 10.0 Å². The zero-order chi connectivity index (χ0) is 23.6. The number of hydrazone groups is 1. The van der Waals surface area contributed by atoms with Gasteiger partial charge in [-0.2, -0.15) is 5.10 Å². The lowest BCUT2D eigenvalue weighted by Crippen LogP contribution is -2.43. The molecule has 1 N–H and O–H groups in total. The Morgan fingerprint density at radius 3 is 2.47 bits per heavy atom. The zero-order valence-electron chi connectivity index (χ0n) is 18.4. The largest absolute Gasteiger partial charge is 0.493 e. The van der Waals surface area contributed by atoms with Crippen LogP contribution in [0.2, 0.25) is 0 Å². The number of fused-ring (bicyclic) bond motifs is 1. The first kappa shape index (κ1) is 23.3. The van der Waals surface area contributed by atoms with E-state index in [4.69, 9.17) is 9.47 Å². The average molecular weight is 465 g/mol. The second-order valence-electron chi connectivity index (χ2n) is 7.40. The van der Waals surface area contributed by atoms with E-state index in [1.807, 2.05) is 0 Å². The molecule has 172 valence electrons. The van der Waals surface area contributed by atoms with Gasteiger partial charge in [0, 0.05) is 29.5 Å². The van der Waals surface area contributed by atoms with Crippen molar-refractivity contribution in [1.82, 2.24) is 5.01 Å². The number of methoxy groups -OCH3 is 2. The third-order valence-electron chi connectivity index (χ3n) is 5.03. The second-order valence-corrected chi connectivity index (χ2v) is 9.15. The molecule has 2 aromatic rings. The van der Waals surface area contributed by atoms with Gasteiger partial charge in [0.1, 0.15) is 0 Å². The minimum atomic E-state index is -3.40. The summed E-state index contributed by atoms with van der Waals surface area (Å²) >= 11 is 0. The summed E-state index contributed by atoms with van der Waals surface area (Å²) < 4.78 is 50.5. The van der Waals surface area contributed by atoms with Crippen LogP contribution in [0.5, 0.6) is 11.5 Å². The van der Waals surface area contributed by atoms with Crippen molar-refractivity contribution in [3.05, 3.63) is 47.3 Å². The molecule has 9 nitrogen and oxygen atoms in total. The number of nitrogens with one attached hydrogen (secondary N) is 1. The van der Waals surface area contributed by atoms with Crippen LogP contribution in [0.1, 0.15) is 18.1 Å². The zero-order valence-corrected chi connectivity index (χ0v) is 19.2. The monoisotopic (exact) mass is 464 g/mol. The highest BCUT2D eigenvalue weighted by atomic mass is 32.2. The van der Waals surface area contributed by atoms with E-state index in [2.05, 4.69) is 9.82 Å². The van der Waals surface area contributed by atoms with E-state index in [0.717, 1.165) is 6.26 Å². The number of sulfonamides is 1. The van der Waals surface area contributed by atoms with E-state index < -0.39 is 27.9 Å². The maximum atomic E-state index is 15.0. The van der Waals surface area contributed by atoms with Gasteiger partial charge in [-0.3, -0.25) is 9.62 Å². The lowest BCUT2D eigenvalue weighted by Gasteiger charge is -2.28. The standard InChI is InChI=1S/C21H25FN4O5S/c1-13-10-17-14(11-18(30-3)20(31-4)19(17)22)12-23-26(13)21(27)25(2)16-8-6-15(7-9-16)24-32(5,28)29/h6-9,11-13,24H,10H2,1-5H3/t13-/m0/s1. The highest BCUT2D eigenvalue weighted by Crippen LogP contribution is 2.36. The molecule has 0 aliphatic carbocycles. The van der Waals surface area contributed by atoms with Crippen LogP contribution in [0.15, 0.2) is 35.4 Å². The van der Waals surface area contributed by atoms with Crippen molar-refractivity contribution in [2.24, 2.45) is 5.10 Å². The van der Waals surface area contributed by atoms with Gasteiger partial charge in [-0.1, -0.05) is 0 Å². The van der Waals surface area contributed by atoms with Crippen LogP contribution >= 0.6 is 0 Å². The fourth-order valence-electron chi connectivity index (χ4n) is 3.42. The number of halogens is 1. The molecule has 0 spiro atoms. The van der Waals surface area contributed by atoms with Crippen molar-refractivity contribution in [1.29, 1.82) is 0 Å². The molecule has 1 heterocycles. The summed E-state index contributed by atoms with van der Waals surface area (Å²) in [5, 5.41) is 5.57. The van der Waals surface area contributed by atoms with Gasteiger partial charge >= 0.3 is 6.03 Å². The van der Waals surface area contributed by atoms with Crippen LogP contribution in [0.25, 0.3) is 0 Å². The number of carbonyl (C=O) groups is 1. The minimum Gasteiger partial charge on any atom is -0.493 e. The van der Waals surface area contributed by atoms with Crippen LogP contribution in [-0.4, -0.2) is 59.2 Å². The predicted octanol–water partition coefficient (Wildman–Crippen LogP) is 3.05. The number of benzene rings is 2. The molecule has 3 rings (SSSR count). The highest BCUT2D eigenvalue weighted by molar-refractivity contribution is 7.92. The van der Waals surface area contributed by atoms with Crippen molar-refractivity contribution in [2.75, 3.05) is 37.1 Å². The number of rotatable bonds is 5. The number of urea groups is 1. The van der Waals surface area contributed by atoms with Crippen LogP contribution in [0, 0.1) is 5.82 Å². The van der Waals surface area contributed by atoms with Crippen LogP contribution < -0.4 is 19.1 Å². The van der Waals surface area contributed by atoms with E-state index in [1.54, 1.807) is 44.3 Å². The van der Waals surface area contributed by atoms with Crippen molar-refractivity contribution >= 4 is 33.6 Å². The summed E-state index contributed by atoms with van der Waals surface area (Å²) in [4.78, 5) is 14.5. The van der Waals surface area contributed by atoms with E-state index in [9.17, 15) is 13.2 Å². The molecule has 1 atom stereocenters. The Hall–Kier alpha value is -3.34. The lowest BCUT2D eigenvalue weighted by molar-refractivity contribution is 0.190. The first-order chi connectivity index (χ1) is 15.1. The third kappa shape index (κ3) is 4.77. The normalized spacial score (nSPS) is 15.6. The fraction of sp³-hybridized carbons (Fsp3) is 0.333. The summed E-state index contributed by atoms with van der Waals surface area (Å²) in [6.07, 6.45) is 2.70. The Kier molecular flexibility index (Phi) is 6.58. The number of hydrogen-bond donors (Lipinski definition) is 1. The molecule has 0 radical (unpaired) electrons. The number of hydrogen-bond acceptors (Lipinski definition) is 6. The number of amides is 2. The summed E-state index contributed by atoms with van der Waals surface area (Å²) in [6, 6.07) is 7.09. The number of carbonyl (C=O) groups excluding carboxylic acids is 1. The minimum absolute atomic E-state index is 0.00605. The summed E-state index contributed by atoms with van der Waals surface area (Å²) in [5.74, 6) is -0.300. The lowest BCUT2D eigenvalue weighted by atomic mass is 10.00. The molecule has 1 aliphatic heterocycles. The van der Waals surface area contributed by atoms with Crippen LogP contribution in [0.4, 0.5) is 20.6 Å². The molecule has 32 heavy (non-hydrogen) atoms. The van der Waals surface area contributed by atoms with Crippen molar-refractivity contribution in [3.63, 3.8) is 0 Å². The molecule has 0 saturated carbocycles. The van der Waals surface area contributed by atoms with E-state index in [1.165, 1.54) is 30.3 Å². The van der Waals surface area contributed by atoms with Crippen LogP contribution in [0.3, 0.4) is 0 Å². The molecule has 2 amide bonds. The van der Waals surface area contributed by atoms with Gasteiger partial charge in [0.25, 0.3) is 0 Å². The predicted molar refractivity (Wildman–Crippen MR) is 121 cm³/mol. The molecule has 0 saturated heterocycles. The van der Waals surface area contributed by atoms with Crippen molar-refractivity contribution < 1.29 is 27.1 Å². The number of ether oxygens (including phenoxy) is 2. The first-order valence-corrected chi connectivity index (χ1v) is 11.6. The summed E-state index contributed by atoms with van der Waals surface area (Å²) in [5.41, 5.74) is 1.80. The molecule has 0 aromatic heterocycles. The maximum absolute atomic E-state index is 15.0. The first-order valence-electron chi connectivity index (χ1n) is 9.67. The molecule has 11 heteroatoms. The Morgan fingerprint density at radius 2 is 1.91 bits per heavy atom. The van der Waals surface area contributed by atoms with Gasteiger partial charge in [-0.25, -0.2) is 22.6 Å². The Morgan fingerprint density at radius 1 is 1.25 bits per heavy atom. The van der Waals surface area contributed by atoms with Gasteiger partial charge in [-0.05, 0) is 43.7 Å². The third-order valence-corrected chi connectivity index (χ3v) is 5.63. The van der Waals surface area contributed by atoms with Crippen molar-refractivity contribution in [3.8, 4) is 11.5 Å². The molecule has 1 aliphatic rings. The Labute approximate surface area is 186 Å². The smallest absolute Gasteiger partial charge is 0.344 e. The Balaban J connectivity index is 1.85. The number of anilines is 2.